The number of hydrogen-bond donors (Lipinski definition) is 1. The van der Waals surface area contributed by atoms with E-state index in [9.17, 15) is 4.79 Å². The molecule has 3 aromatic rings. The highest BCUT2D eigenvalue weighted by Gasteiger charge is 2.29. The van der Waals surface area contributed by atoms with E-state index in [-0.39, 0.29) is 11.8 Å². The van der Waals surface area contributed by atoms with Crippen molar-refractivity contribution in [3.05, 3.63) is 60.5 Å². The molecule has 4 rings (SSSR count). The second kappa shape index (κ2) is 6.16. The molecule has 6 nitrogen and oxygen atoms in total. The van der Waals surface area contributed by atoms with Gasteiger partial charge in [-0.3, -0.25) is 4.79 Å². The van der Waals surface area contributed by atoms with Crippen LogP contribution in [0.1, 0.15) is 18.4 Å². The molecular weight excluding hydrogens is 304 g/mol. The standard InChI is InChI=1S/C18H16N4O2/c23-18(13-8-9-13)20-19-11-14-12-22(15-5-2-1-3-6-15)21-17(14)16-7-4-10-24-16/h1-7,10-13H,8-9H2,(H,20,23)/b19-11-. The molecule has 0 unspecified atom stereocenters. The van der Waals surface area contributed by atoms with Crippen LogP contribution in [0.3, 0.4) is 0 Å². The highest BCUT2D eigenvalue weighted by Crippen LogP contribution is 2.28. The fourth-order valence-corrected chi connectivity index (χ4v) is 2.40. The van der Waals surface area contributed by atoms with Crippen LogP contribution in [-0.2, 0) is 4.79 Å². The number of hydrazone groups is 1. The molecule has 1 amide bonds. The zero-order valence-electron chi connectivity index (χ0n) is 12.9. The number of hydrogen-bond acceptors (Lipinski definition) is 4. The number of furan rings is 1. The van der Waals surface area contributed by atoms with Crippen LogP contribution in [0.15, 0.2) is 64.4 Å². The van der Waals surface area contributed by atoms with Gasteiger partial charge in [0.05, 0.1) is 18.2 Å². The van der Waals surface area contributed by atoms with Crippen LogP contribution in [-0.4, -0.2) is 21.9 Å². The molecular formula is C18H16N4O2. The van der Waals surface area contributed by atoms with Crippen molar-refractivity contribution in [1.29, 1.82) is 0 Å². The molecule has 0 bridgehead atoms. The van der Waals surface area contributed by atoms with E-state index in [4.69, 9.17) is 4.42 Å². The number of rotatable bonds is 5. The first-order valence-electron chi connectivity index (χ1n) is 7.83. The maximum Gasteiger partial charge on any atom is 0.243 e. The molecule has 1 aliphatic carbocycles. The third-order valence-electron chi connectivity index (χ3n) is 3.84. The van der Waals surface area contributed by atoms with Gasteiger partial charge in [-0.05, 0) is 37.1 Å². The number of nitrogens with zero attached hydrogens (tertiary/aromatic N) is 3. The van der Waals surface area contributed by atoms with E-state index in [1.165, 1.54) is 0 Å². The molecule has 120 valence electrons. The fraction of sp³-hybridized carbons (Fsp3) is 0.167. The number of amides is 1. The first-order chi connectivity index (χ1) is 11.8. The van der Waals surface area contributed by atoms with Crippen molar-refractivity contribution in [3.63, 3.8) is 0 Å². The number of carbonyl (C=O) groups excluding carboxylic acids is 1. The molecule has 1 aliphatic rings. The van der Waals surface area contributed by atoms with E-state index >= 15 is 0 Å². The lowest BCUT2D eigenvalue weighted by Crippen LogP contribution is -2.18. The minimum Gasteiger partial charge on any atom is -0.463 e. The van der Waals surface area contributed by atoms with Gasteiger partial charge in [-0.15, -0.1) is 0 Å². The molecule has 24 heavy (non-hydrogen) atoms. The van der Waals surface area contributed by atoms with Gasteiger partial charge in [-0.25, -0.2) is 10.1 Å². The first kappa shape index (κ1) is 14.4. The second-order valence-corrected chi connectivity index (χ2v) is 5.70. The Kier molecular flexibility index (Phi) is 3.70. The summed E-state index contributed by atoms with van der Waals surface area (Å²) in [5.74, 6) is 0.750. The maximum atomic E-state index is 11.7. The Balaban J connectivity index is 1.64. The van der Waals surface area contributed by atoms with Crippen molar-refractivity contribution in [1.82, 2.24) is 15.2 Å². The third-order valence-corrected chi connectivity index (χ3v) is 3.84. The molecule has 6 heteroatoms. The van der Waals surface area contributed by atoms with Crippen LogP contribution in [0.25, 0.3) is 17.1 Å². The summed E-state index contributed by atoms with van der Waals surface area (Å²) in [5.41, 5.74) is 4.96. The first-order valence-corrected chi connectivity index (χ1v) is 7.83. The summed E-state index contributed by atoms with van der Waals surface area (Å²) >= 11 is 0. The van der Waals surface area contributed by atoms with Crippen LogP contribution >= 0.6 is 0 Å². The summed E-state index contributed by atoms with van der Waals surface area (Å²) in [6.45, 7) is 0. The van der Waals surface area contributed by atoms with Crippen LogP contribution < -0.4 is 5.43 Å². The Morgan fingerprint density at radius 3 is 2.79 bits per heavy atom. The number of carbonyl (C=O) groups is 1. The summed E-state index contributed by atoms with van der Waals surface area (Å²) in [5, 5.41) is 8.65. The van der Waals surface area contributed by atoms with Gasteiger partial charge < -0.3 is 4.42 Å². The average Bonchev–Trinajstić information content (AvgIpc) is 3.16. The van der Waals surface area contributed by atoms with Crippen LogP contribution in [0.4, 0.5) is 0 Å². The summed E-state index contributed by atoms with van der Waals surface area (Å²) in [6, 6.07) is 13.4. The van der Waals surface area contributed by atoms with Crippen molar-refractivity contribution in [2.75, 3.05) is 0 Å². The Hall–Kier alpha value is -3.15. The van der Waals surface area contributed by atoms with Gasteiger partial charge in [-0.2, -0.15) is 10.2 Å². The number of benzene rings is 1. The Morgan fingerprint density at radius 2 is 2.08 bits per heavy atom. The predicted molar refractivity (Wildman–Crippen MR) is 89.7 cm³/mol. The molecule has 0 radical (unpaired) electrons. The Morgan fingerprint density at radius 1 is 1.25 bits per heavy atom. The van der Waals surface area contributed by atoms with Crippen LogP contribution in [0.5, 0.6) is 0 Å². The maximum absolute atomic E-state index is 11.7. The zero-order chi connectivity index (χ0) is 16.4. The number of nitrogens with one attached hydrogen (secondary N) is 1. The van der Waals surface area contributed by atoms with Gasteiger partial charge in [0, 0.05) is 17.7 Å². The fourth-order valence-electron chi connectivity index (χ4n) is 2.40. The van der Waals surface area contributed by atoms with E-state index in [0.29, 0.717) is 11.5 Å². The van der Waals surface area contributed by atoms with Gasteiger partial charge in [0.15, 0.2) is 5.76 Å². The molecule has 1 fully saturated rings. The quantitative estimate of drug-likeness (QED) is 0.580. The van der Waals surface area contributed by atoms with Crippen LogP contribution in [0.2, 0.25) is 0 Å². The third kappa shape index (κ3) is 2.99. The van der Waals surface area contributed by atoms with Gasteiger partial charge in [0.25, 0.3) is 0 Å². The number of para-hydroxylation sites is 1. The Bertz CT molecular complexity index is 862. The van der Waals surface area contributed by atoms with Crippen molar-refractivity contribution >= 4 is 12.1 Å². The number of aromatic nitrogens is 2. The van der Waals surface area contributed by atoms with E-state index in [2.05, 4.69) is 15.6 Å². The van der Waals surface area contributed by atoms with Gasteiger partial charge in [0.2, 0.25) is 5.91 Å². The minimum absolute atomic E-state index is 0.0266. The van der Waals surface area contributed by atoms with E-state index in [0.717, 1.165) is 24.1 Å². The molecule has 2 aromatic heterocycles. The second-order valence-electron chi connectivity index (χ2n) is 5.70. The van der Waals surface area contributed by atoms with Crippen molar-refractivity contribution < 1.29 is 9.21 Å². The molecule has 2 heterocycles. The monoisotopic (exact) mass is 320 g/mol. The van der Waals surface area contributed by atoms with Gasteiger partial charge in [-0.1, -0.05) is 18.2 Å². The predicted octanol–water partition coefficient (Wildman–Crippen LogP) is 2.99. The van der Waals surface area contributed by atoms with Crippen molar-refractivity contribution in [2.45, 2.75) is 12.8 Å². The largest absolute Gasteiger partial charge is 0.463 e. The topological polar surface area (TPSA) is 72.4 Å². The van der Waals surface area contributed by atoms with Crippen molar-refractivity contribution in [3.8, 4) is 17.1 Å². The lowest BCUT2D eigenvalue weighted by atomic mass is 10.2. The van der Waals surface area contributed by atoms with Crippen molar-refractivity contribution in [2.24, 2.45) is 11.0 Å². The molecule has 1 saturated carbocycles. The molecule has 0 atom stereocenters. The molecule has 0 saturated heterocycles. The lowest BCUT2D eigenvalue weighted by Gasteiger charge is -1.98. The smallest absolute Gasteiger partial charge is 0.243 e. The summed E-state index contributed by atoms with van der Waals surface area (Å²) in [6.07, 6.45) is 6.97. The van der Waals surface area contributed by atoms with E-state index in [1.54, 1.807) is 17.2 Å². The summed E-state index contributed by atoms with van der Waals surface area (Å²) < 4.78 is 7.23. The van der Waals surface area contributed by atoms with Gasteiger partial charge >= 0.3 is 0 Å². The normalized spacial score (nSPS) is 14.2. The molecule has 1 N–H and O–H groups in total. The Labute approximate surface area is 138 Å². The molecule has 0 aliphatic heterocycles. The summed E-state index contributed by atoms with van der Waals surface area (Å²) in [7, 11) is 0. The van der Waals surface area contributed by atoms with E-state index < -0.39 is 0 Å². The highest BCUT2D eigenvalue weighted by molar-refractivity contribution is 5.89. The van der Waals surface area contributed by atoms with E-state index in [1.807, 2.05) is 48.7 Å². The highest BCUT2D eigenvalue weighted by atomic mass is 16.3. The average molecular weight is 320 g/mol. The van der Waals surface area contributed by atoms with Gasteiger partial charge in [0.1, 0.15) is 5.69 Å². The lowest BCUT2D eigenvalue weighted by molar-refractivity contribution is -0.122. The molecule has 0 spiro atoms. The van der Waals surface area contributed by atoms with Crippen LogP contribution in [0, 0.1) is 5.92 Å². The minimum atomic E-state index is -0.0266. The SMILES string of the molecule is O=C(N/N=C\c1cn(-c2ccccc2)nc1-c1ccco1)C1CC1. The summed E-state index contributed by atoms with van der Waals surface area (Å²) in [4.78, 5) is 11.7. The zero-order valence-corrected chi connectivity index (χ0v) is 12.9. The molecule has 1 aromatic carbocycles.